The van der Waals surface area contributed by atoms with E-state index >= 15 is 0 Å². The predicted octanol–water partition coefficient (Wildman–Crippen LogP) is 4.72. The van der Waals surface area contributed by atoms with E-state index in [-0.39, 0.29) is 5.91 Å². The Morgan fingerprint density at radius 3 is 2.36 bits per heavy atom. The third-order valence-electron chi connectivity index (χ3n) is 4.26. The van der Waals surface area contributed by atoms with Gasteiger partial charge >= 0.3 is 0 Å². The van der Waals surface area contributed by atoms with Gasteiger partial charge in [-0.1, -0.05) is 24.3 Å². The number of hydrogen-bond acceptors (Lipinski definition) is 3. The number of carbonyl (C=O) groups excluding carboxylic acids is 1. The summed E-state index contributed by atoms with van der Waals surface area (Å²) < 4.78 is 0. The molecule has 1 aromatic heterocycles. The average molecular weight is 331 g/mol. The lowest BCUT2D eigenvalue weighted by Crippen LogP contribution is -2.14. The summed E-state index contributed by atoms with van der Waals surface area (Å²) in [6.45, 7) is 4.03. The van der Waals surface area contributed by atoms with Crippen molar-refractivity contribution in [3.8, 4) is 0 Å². The molecule has 0 aliphatic heterocycles. The third kappa shape index (κ3) is 3.86. The van der Waals surface area contributed by atoms with Crippen molar-refractivity contribution in [1.82, 2.24) is 4.98 Å². The van der Waals surface area contributed by atoms with Gasteiger partial charge in [-0.05, 0) is 61.4 Å². The van der Waals surface area contributed by atoms with Gasteiger partial charge in [0.2, 0.25) is 0 Å². The van der Waals surface area contributed by atoms with Crippen LogP contribution in [-0.2, 0) is 0 Å². The van der Waals surface area contributed by atoms with E-state index in [2.05, 4.69) is 10.3 Å². The summed E-state index contributed by atoms with van der Waals surface area (Å²) in [6.07, 6.45) is 1.67. The molecule has 4 nitrogen and oxygen atoms in total. The highest BCUT2D eigenvalue weighted by molar-refractivity contribution is 6.04. The molecular formula is C21H21N3O. The van der Waals surface area contributed by atoms with Crippen molar-refractivity contribution in [2.24, 2.45) is 0 Å². The van der Waals surface area contributed by atoms with Gasteiger partial charge in [0.05, 0.1) is 11.9 Å². The average Bonchev–Trinajstić information content (AvgIpc) is 2.64. The van der Waals surface area contributed by atoms with Crippen molar-refractivity contribution < 1.29 is 4.79 Å². The summed E-state index contributed by atoms with van der Waals surface area (Å²) >= 11 is 0. The second-order valence-corrected chi connectivity index (χ2v) is 6.05. The van der Waals surface area contributed by atoms with Gasteiger partial charge in [-0.3, -0.25) is 4.79 Å². The van der Waals surface area contributed by atoms with E-state index in [9.17, 15) is 4.79 Å². The first-order chi connectivity index (χ1) is 12.0. The van der Waals surface area contributed by atoms with Crippen LogP contribution in [0.2, 0.25) is 0 Å². The van der Waals surface area contributed by atoms with Crippen molar-refractivity contribution in [1.29, 1.82) is 0 Å². The Kier molecular flexibility index (Phi) is 4.80. The fraction of sp³-hybridized carbons (Fsp3) is 0.143. The molecule has 0 unspecified atom stereocenters. The van der Waals surface area contributed by atoms with E-state index < -0.39 is 0 Å². The summed E-state index contributed by atoms with van der Waals surface area (Å²) in [7, 11) is 1.96. The van der Waals surface area contributed by atoms with Gasteiger partial charge in [0.15, 0.2) is 0 Å². The summed E-state index contributed by atoms with van der Waals surface area (Å²) in [6, 6.07) is 19.5. The molecule has 25 heavy (non-hydrogen) atoms. The predicted molar refractivity (Wildman–Crippen MR) is 103 cm³/mol. The van der Waals surface area contributed by atoms with Crippen LogP contribution in [0.15, 0.2) is 66.9 Å². The van der Waals surface area contributed by atoms with Crippen molar-refractivity contribution in [3.63, 3.8) is 0 Å². The second-order valence-electron chi connectivity index (χ2n) is 6.05. The fourth-order valence-electron chi connectivity index (χ4n) is 2.53. The highest BCUT2D eigenvalue weighted by Crippen LogP contribution is 2.22. The molecule has 0 saturated heterocycles. The molecule has 0 atom stereocenters. The molecule has 1 amide bonds. The second kappa shape index (κ2) is 7.18. The lowest BCUT2D eigenvalue weighted by atomic mass is 10.1. The third-order valence-corrected chi connectivity index (χ3v) is 4.26. The highest BCUT2D eigenvalue weighted by Gasteiger charge is 2.09. The minimum atomic E-state index is -0.130. The summed E-state index contributed by atoms with van der Waals surface area (Å²) in [5, 5.41) is 2.89. The maximum absolute atomic E-state index is 12.4. The normalized spacial score (nSPS) is 10.4. The monoisotopic (exact) mass is 331 g/mol. The van der Waals surface area contributed by atoms with E-state index in [1.807, 2.05) is 86.5 Å². The van der Waals surface area contributed by atoms with Gasteiger partial charge in [-0.2, -0.15) is 0 Å². The number of hydrogen-bond donors (Lipinski definition) is 1. The molecule has 0 aliphatic carbocycles. The van der Waals surface area contributed by atoms with Gasteiger partial charge in [0.1, 0.15) is 5.82 Å². The van der Waals surface area contributed by atoms with E-state index in [1.54, 1.807) is 6.20 Å². The Bertz CT molecular complexity index is 873. The zero-order valence-corrected chi connectivity index (χ0v) is 14.7. The quantitative estimate of drug-likeness (QED) is 0.752. The molecule has 0 spiro atoms. The van der Waals surface area contributed by atoms with Gasteiger partial charge in [0.25, 0.3) is 5.91 Å². The number of benzene rings is 2. The Hall–Kier alpha value is -3.14. The number of aromatic nitrogens is 1. The number of nitrogens with zero attached hydrogens (tertiary/aromatic N) is 2. The van der Waals surface area contributed by atoms with E-state index in [0.717, 1.165) is 17.1 Å². The number of aryl methyl sites for hydroxylation is 2. The molecule has 1 heterocycles. The first-order valence-electron chi connectivity index (χ1n) is 8.18. The molecule has 3 rings (SSSR count). The van der Waals surface area contributed by atoms with Crippen LogP contribution in [0, 0.1) is 13.8 Å². The molecule has 0 radical (unpaired) electrons. The van der Waals surface area contributed by atoms with E-state index in [0.29, 0.717) is 11.3 Å². The van der Waals surface area contributed by atoms with Crippen LogP contribution in [0.4, 0.5) is 17.2 Å². The van der Waals surface area contributed by atoms with Crippen LogP contribution in [0.3, 0.4) is 0 Å². The molecule has 0 fully saturated rings. The zero-order valence-electron chi connectivity index (χ0n) is 14.7. The number of amides is 1. The number of rotatable bonds is 4. The molecule has 1 N–H and O–H groups in total. The largest absolute Gasteiger partial charge is 0.329 e. The van der Waals surface area contributed by atoms with Gasteiger partial charge < -0.3 is 10.2 Å². The zero-order chi connectivity index (χ0) is 17.8. The lowest BCUT2D eigenvalue weighted by molar-refractivity contribution is 0.102. The van der Waals surface area contributed by atoms with Crippen molar-refractivity contribution in [2.75, 3.05) is 17.3 Å². The number of para-hydroxylation sites is 1. The molecule has 0 aliphatic rings. The molecule has 126 valence electrons. The molecule has 2 aromatic carbocycles. The van der Waals surface area contributed by atoms with Crippen molar-refractivity contribution >= 4 is 23.1 Å². The maximum atomic E-state index is 12.4. The minimum Gasteiger partial charge on any atom is -0.329 e. The van der Waals surface area contributed by atoms with E-state index in [4.69, 9.17) is 0 Å². The Labute approximate surface area is 148 Å². The number of anilines is 3. The number of carbonyl (C=O) groups is 1. The highest BCUT2D eigenvalue weighted by atomic mass is 16.1. The molecule has 0 bridgehead atoms. The van der Waals surface area contributed by atoms with Crippen LogP contribution in [0.5, 0.6) is 0 Å². The van der Waals surface area contributed by atoms with Crippen LogP contribution in [0.1, 0.15) is 21.5 Å². The maximum Gasteiger partial charge on any atom is 0.255 e. The first kappa shape index (κ1) is 16.7. The van der Waals surface area contributed by atoms with Gasteiger partial charge in [0, 0.05) is 18.3 Å². The number of pyridine rings is 1. The molecule has 3 aromatic rings. The Morgan fingerprint density at radius 1 is 0.960 bits per heavy atom. The smallest absolute Gasteiger partial charge is 0.255 e. The Balaban J connectivity index is 1.72. The van der Waals surface area contributed by atoms with Crippen molar-refractivity contribution in [3.05, 3.63) is 83.6 Å². The van der Waals surface area contributed by atoms with Gasteiger partial charge in [-0.25, -0.2) is 4.98 Å². The molecular weight excluding hydrogens is 310 g/mol. The summed E-state index contributed by atoms with van der Waals surface area (Å²) in [4.78, 5) is 18.8. The van der Waals surface area contributed by atoms with E-state index in [1.165, 1.54) is 5.56 Å². The summed E-state index contributed by atoms with van der Waals surface area (Å²) in [5.41, 5.74) is 4.65. The first-order valence-corrected chi connectivity index (χ1v) is 8.18. The van der Waals surface area contributed by atoms with Crippen molar-refractivity contribution in [2.45, 2.75) is 13.8 Å². The minimum absolute atomic E-state index is 0.130. The molecule has 0 saturated carbocycles. The van der Waals surface area contributed by atoms with Gasteiger partial charge in [-0.15, -0.1) is 0 Å². The summed E-state index contributed by atoms with van der Waals surface area (Å²) in [5.74, 6) is 0.685. The van der Waals surface area contributed by atoms with Crippen LogP contribution >= 0.6 is 0 Å². The standard InChI is InChI=1S/C21H21N3O/c1-15-9-10-17(13-16(15)2)21(25)23-18-11-12-20(22-14-18)24(3)19-7-5-4-6-8-19/h4-14H,1-3H3,(H,23,25). The topological polar surface area (TPSA) is 45.2 Å². The van der Waals surface area contributed by atoms with Crippen LogP contribution < -0.4 is 10.2 Å². The lowest BCUT2D eigenvalue weighted by Gasteiger charge is -2.18. The molecule has 4 heteroatoms. The SMILES string of the molecule is Cc1ccc(C(=O)Nc2ccc(N(C)c3ccccc3)nc2)cc1C. The van der Waals surface area contributed by atoms with Crippen LogP contribution in [-0.4, -0.2) is 17.9 Å². The number of nitrogens with one attached hydrogen (secondary N) is 1. The fourth-order valence-corrected chi connectivity index (χ4v) is 2.53. The Morgan fingerprint density at radius 2 is 1.72 bits per heavy atom. The van der Waals surface area contributed by atoms with Crippen LogP contribution in [0.25, 0.3) is 0 Å².